The predicted octanol–water partition coefficient (Wildman–Crippen LogP) is 2.66. The number of H-pyrrole nitrogens is 1. The number of hydrogen-bond donors (Lipinski definition) is 2. The van der Waals surface area contributed by atoms with E-state index in [0.717, 1.165) is 18.4 Å². The Balaban J connectivity index is 1.53. The Labute approximate surface area is 128 Å². The van der Waals surface area contributed by atoms with Gasteiger partial charge in [0.2, 0.25) is 0 Å². The summed E-state index contributed by atoms with van der Waals surface area (Å²) in [5.41, 5.74) is 1.32. The van der Waals surface area contributed by atoms with Gasteiger partial charge in [-0.1, -0.05) is 0 Å². The number of piperidine rings is 1. The van der Waals surface area contributed by atoms with Crippen molar-refractivity contribution in [2.45, 2.75) is 43.9 Å². The number of ether oxygens (including phenoxy) is 1. The highest BCUT2D eigenvalue weighted by Crippen LogP contribution is 2.36. The minimum atomic E-state index is -0.300. The van der Waals surface area contributed by atoms with Crippen LogP contribution in [-0.4, -0.2) is 46.2 Å². The molecular formula is C17H20N2O3. The molecule has 1 aromatic carbocycles. The Morgan fingerprint density at radius 2 is 2.05 bits per heavy atom. The first-order chi connectivity index (χ1) is 10.6. The number of aromatic nitrogens is 1. The first kappa shape index (κ1) is 13.6. The number of phenols is 1. The van der Waals surface area contributed by atoms with E-state index >= 15 is 0 Å². The zero-order valence-electron chi connectivity index (χ0n) is 12.6. The zero-order valence-corrected chi connectivity index (χ0v) is 12.6. The van der Waals surface area contributed by atoms with Crippen LogP contribution < -0.4 is 0 Å². The standard InChI is InChI=1S/C17H20N2O3/c1-19-10-2-3-11(19)7-13(6-10)22-17(21)15-9-18-16-5-4-12(20)8-14(15)16/h4-5,8-11,13,18,20H,2-3,6-7H2,1H3. The summed E-state index contributed by atoms with van der Waals surface area (Å²) in [7, 11) is 2.17. The number of nitrogens with zero attached hydrogens (tertiary/aromatic N) is 1. The highest BCUT2D eigenvalue weighted by molar-refractivity contribution is 6.04. The highest BCUT2D eigenvalue weighted by atomic mass is 16.5. The number of carbonyl (C=O) groups excluding carboxylic acids is 1. The van der Waals surface area contributed by atoms with Crippen LogP contribution in [0.3, 0.4) is 0 Å². The molecule has 0 aliphatic carbocycles. The van der Waals surface area contributed by atoms with Crippen LogP contribution in [0.1, 0.15) is 36.0 Å². The Kier molecular flexibility index (Phi) is 3.11. The fourth-order valence-electron chi connectivity index (χ4n) is 3.95. The van der Waals surface area contributed by atoms with E-state index in [1.807, 2.05) is 0 Å². The van der Waals surface area contributed by atoms with Crippen LogP contribution in [-0.2, 0) is 4.74 Å². The van der Waals surface area contributed by atoms with Gasteiger partial charge >= 0.3 is 5.97 Å². The van der Waals surface area contributed by atoms with E-state index in [1.165, 1.54) is 12.8 Å². The molecule has 116 valence electrons. The Morgan fingerprint density at radius 1 is 1.32 bits per heavy atom. The first-order valence-corrected chi connectivity index (χ1v) is 7.85. The molecular weight excluding hydrogens is 280 g/mol. The van der Waals surface area contributed by atoms with Crippen LogP contribution in [0.15, 0.2) is 24.4 Å². The van der Waals surface area contributed by atoms with Gasteiger partial charge in [0, 0.05) is 42.0 Å². The van der Waals surface area contributed by atoms with Crippen molar-refractivity contribution in [3.05, 3.63) is 30.0 Å². The molecule has 5 heteroatoms. The van der Waals surface area contributed by atoms with Crippen LogP contribution in [0.4, 0.5) is 0 Å². The first-order valence-electron chi connectivity index (χ1n) is 7.85. The van der Waals surface area contributed by atoms with E-state index in [1.54, 1.807) is 24.4 Å². The number of aromatic hydroxyl groups is 1. The number of esters is 1. The van der Waals surface area contributed by atoms with E-state index < -0.39 is 0 Å². The third-order valence-corrected chi connectivity index (χ3v) is 5.21. The van der Waals surface area contributed by atoms with Gasteiger partial charge < -0.3 is 19.7 Å². The van der Waals surface area contributed by atoms with Crippen LogP contribution in [0, 0.1) is 0 Å². The van der Waals surface area contributed by atoms with E-state index in [4.69, 9.17) is 4.74 Å². The maximum atomic E-state index is 12.5. The van der Waals surface area contributed by atoms with E-state index in [0.29, 0.717) is 23.0 Å². The fourth-order valence-corrected chi connectivity index (χ4v) is 3.95. The molecule has 5 nitrogen and oxygen atoms in total. The topological polar surface area (TPSA) is 65.6 Å². The highest BCUT2D eigenvalue weighted by Gasteiger charge is 2.40. The summed E-state index contributed by atoms with van der Waals surface area (Å²) in [5, 5.41) is 10.3. The summed E-state index contributed by atoms with van der Waals surface area (Å²) >= 11 is 0. The van der Waals surface area contributed by atoms with Crippen molar-refractivity contribution < 1.29 is 14.6 Å². The summed E-state index contributed by atoms with van der Waals surface area (Å²) in [6, 6.07) is 6.05. The lowest BCUT2D eigenvalue weighted by Crippen LogP contribution is -2.43. The second-order valence-corrected chi connectivity index (χ2v) is 6.48. The zero-order chi connectivity index (χ0) is 15.3. The van der Waals surface area contributed by atoms with Gasteiger partial charge in [0.25, 0.3) is 0 Å². The van der Waals surface area contributed by atoms with Crippen molar-refractivity contribution in [2.75, 3.05) is 7.05 Å². The monoisotopic (exact) mass is 300 g/mol. The number of nitrogens with one attached hydrogen (secondary N) is 1. The summed E-state index contributed by atoms with van der Waals surface area (Å²) in [4.78, 5) is 18.0. The quantitative estimate of drug-likeness (QED) is 0.837. The average Bonchev–Trinajstić information content (AvgIpc) is 2.97. The maximum Gasteiger partial charge on any atom is 0.340 e. The van der Waals surface area contributed by atoms with Gasteiger partial charge in [-0.2, -0.15) is 0 Å². The molecule has 2 bridgehead atoms. The molecule has 0 amide bonds. The molecule has 2 N–H and O–H groups in total. The summed E-state index contributed by atoms with van der Waals surface area (Å²) < 4.78 is 5.75. The third-order valence-electron chi connectivity index (χ3n) is 5.21. The molecule has 2 aliphatic heterocycles. The molecule has 3 heterocycles. The van der Waals surface area contributed by atoms with Gasteiger partial charge in [0.1, 0.15) is 11.9 Å². The van der Waals surface area contributed by atoms with Crippen molar-refractivity contribution in [1.29, 1.82) is 0 Å². The molecule has 2 saturated heterocycles. The lowest BCUT2D eigenvalue weighted by Gasteiger charge is -2.35. The second-order valence-electron chi connectivity index (χ2n) is 6.48. The molecule has 0 saturated carbocycles. The molecule has 1 aromatic heterocycles. The molecule has 2 fully saturated rings. The van der Waals surface area contributed by atoms with E-state index in [2.05, 4.69) is 16.9 Å². The van der Waals surface area contributed by atoms with Crippen molar-refractivity contribution in [2.24, 2.45) is 0 Å². The van der Waals surface area contributed by atoms with Crippen LogP contribution in [0.2, 0.25) is 0 Å². The third kappa shape index (κ3) is 2.16. The fraction of sp³-hybridized carbons (Fsp3) is 0.471. The van der Waals surface area contributed by atoms with E-state index in [9.17, 15) is 9.90 Å². The molecule has 2 unspecified atom stereocenters. The van der Waals surface area contributed by atoms with E-state index in [-0.39, 0.29) is 17.8 Å². The van der Waals surface area contributed by atoms with Gasteiger partial charge in [-0.05, 0) is 38.1 Å². The van der Waals surface area contributed by atoms with Crippen LogP contribution in [0.25, 0.3) is 10.9 Å². The Bertz CT molecular complexity index is 710. The van der Waals surface area contributed by atoms with Gasteiger partial charge in [0.15, 0.2) is 0 Å². The van der Waals surface area contributed by atoms with Crippen LogP contribution in [0.5, 0.6) is 5.75 Å². The number of fused-ring (bicyclic) bond motifs is 3. The SMILES string of the molecule is CN1C2CCC1CC(OC(=O)c1c[nH]c3ccc(O)cc13)C2. The second kappa shape index (κ2) is 5.02. The smallest absolute Gasteiger partial charge is 0.340 e. The predicted molar refractivity (Wildman–Crippen MR) is 83.0 cm³/mol. The minimum absolute atomic E-state index is 0.00320. The van der Waals surface area contributed by atoms with Gasteiger partial charge in [0.05, 0.1) is 5.56 Å². The number of carbonyl (C=O) groups is 1. The molecule has 0 radical (unpaired) electrons. The number of phenolic OH excluding ortho intramolecular Hbond substituents is 1. The Morgan fingerprint density at radius 3 is 2.77 bits per heavy atom. The molecule has 4 rings (SSSR count). The maximum absolute atomic E-state index is 12.5. The number of rotatable bonds is 2. The molecule has 0 spiro atoms. The number of aromatic amines is 1. The van der Waals surface area contributed by atoms with Gasteiger partial charge in [-0.3, -0.25) is 0 Å². The Hall–Kier alpha value is -2.01. The summed E-state index contributed by atoms with van der Waals surface area (Å²) in [6.45, 7) is 0. The van der Waals surface area contributed by atoms with Crippen molar-refractivity contribution in [3.63, 3.8) is 0 Å². The largest absolute Gasteiger partial charge is 0.508 e. The number of hydrogen-bond acceptors (Lipinski definition) is 4. The number of benzene rings is 1. The van der Waals surface area contributed by atoms with Gasteiger partial charge in [-0.25, -0.2) is 4.79 Å². The molecule has 2 aliphatic rings. The van der Waals surface area contributed by atoms with Crippen molar-refractivity contribution >= 4 is 16.9 Å². The molecule has 2 aromatic rings. The van der Waals surface area contributed by atoms with Gasteiger partial charge in [-0.15, -0.1) is 0 Å². The molecule has 22 heavy (non-hydrogen) atoms. The van der Waals surface area contributed by atoms with Crippen molar-refractivity contribution in [3.8, 4) is 5.75 Å². The van der Waals surface area contributed by atoms with Crippen molar-refractivity contribution in [1.82, 2.24) is 9.88 Å². The summed E-state index contributed by atoms with van der Waals surface area (Å²) in [5.74, 6) is -0.149. The summed E-state index contributed by atoms with van der Waals surface area (Å²) in [6.07, 6.45) is 5.92. The molecule has 2 atom stereocenters. The van der Waals surface area contributed by atoms with Crippen LogP contribution >= 0.6 is 0 Å². The minimum Gasteiger partial charge on any atom is -0.508 e. The normalized spacial score (nSPS) is 28.1. The lowest BCUT2D eigenvalue weighted by molar-refractivity contribution is -0.000257. The average molecular weight is 300 g/mol. The lowest BCUT2D eigenvalue weighted by atomic mass is 10.0.